The molecule has 2 rings (SSSR count). The summed E-state index contributed by atoms with van der Waals surface area (Å²) in [7, 11) is 0. The van der Waals surface area contributed by atoms with Crippen molar-refractivity contribution in [2.24, 2.45) is 0 Å². The van der Waals surface area contributed by atoms with Gasteiger partial charge in [0.05, 0.1) is 0 Å². The Labute approximate surface area is 118 Å². The molecule has 2 heterocycles. The Morgan fingerprint density at radius 1 is 0.882 bits per heavy atom. The Morgan fingerprint density at radius 3 is 1.76 bits per heavy atom. The van der Waals surface area contributed by atoms with Gasteiger partial charge >= 0.3 is 28.7 Å². The third kappa shape index (κ3) is 3.72. The number of rotatable bonds is 6. The van der Waals surface area contributed by atoms with Crippen LogP contribution in [0.4, 0.5) is 0 Å². The summed E-state index contributed by atoms with van der Waals surface area (Å²) in [5, 5.41) is 0. The van der Waals surface area contributed by atoms with E-state index in [4.69, 9.17) is 41.5 Å². The van der Waals surface area contributed by atoms with Crippen LogP contribution in [0.5, 0.6) is 11.9 Å². The van der Waals surface area contributed by atoms with Crippen LogP contribution in [0.1, 0.15) is 0 Å². The van der Waals surface area contributed by atoms with Crippen LogP contribution < -0.4 is 30.7 Å². The summed E-state index contributed by atoms with van der Waals surface area (Å²) in [6.07, 6.45) is 0. The normalized spacial score (nSPS) is 10.5. The Hall–Kier alpha value is -0.530. The lowest BCUT2D eigenvalue weighted by molar-refractivity contribution is -0.636. The van der Waals surface area contributed by atoms with Gasteiger partial charge in [0.2, 0.25) is 0 Å². The first-order chi connectivity index (χ1) is 8.31. The van der Waals surface area contributed by atoms with Gasteiger partial charge in [-0.15, -0.1) is 0 Å². The smallest absolute Gasteiger partial charge is 0.443 e. The molecule has 0 saturated carbocycles. The molecular formula is C10H8Cl2IO4+. The molecule has 0 aliphatic carbocycles. The van der Waals surface area contributed by atoms with E-state index in [1.54, 1.807) is 12.1 Å². The SMILES string of the molecule is ClCOc1ccc([I+]c2ccc(OCCl)o2)o1. The third-order valence-electron chi connectivity index (χ3n) is 1.68. The van der Waals surface area contributed by atoms with Gasteiger partial charge in [0, 0.05) is 24.3 Å². The first kappa shape index (κ1) is 12.9. The molecule has 0 aromatic carbocycles. The van der Waals surface area contributed by atoms with E-state index in [9.17, 15) is 0 Å². The topological polar surface area (TPSA) is 44.7 Å². The predicted octanol–water partition coefficient (Wildman–Crippen LogP) is 0.151. The zero-order valence-electron chi connectivity index (χ0n) is 8.49. The second kappa shape index (κ2) is 6.42. The lowest BCUT2D eigenvalue weighted by Crippen LogP contribution is -3.61. The third-order valence-corrected chi connectivity index (χ3v) is 4.12. The van der Waals surface area contributed by atoms with Crippen LogP contribution in [0.25, 0.3) is 0 Å². The quantitative estimate of drug-likeness (QED) is 0.521. The van der Waals surface area contributed by atoms with Crippen molar-refractivity contribution in [1.82, 2.24) is 0 Å². The van der Waals surface area contributed by atoms with Crippen molar-refractivity contribution in [3.8, 4) is 11.9 Å². The van der Waals surface area contributed by atoms with Gasteiger partial charge in [-0.2, -0.15) is 0 Å². The van der Waals surface area contributed by atoms with E-state index in [0.29, 0.717) is 11.9 Å². The van der Waals surface area contributed by atoms with E-state index in [1.165, 1.54) is 0 Å². The van der Waals surface area contributed by atoms with Crippen molar-refractivity contribution in [1.29, 1.82) is 0 Å². The number of furan rings is 2. The standard InChI is InChI=1S/C10H8Cl2IO4/c11-5-14-9-3-1-7(16-9)13-8-2-4-10(17-8)15-6-12/h1-4H,5-6H2/q+1. The van der Waals surface area contributed by atoms with E-state index < -0.39 is 21.2 Å². The van der Waals surface area contributed by atoms with Gasteiger partial charge in [-0.1, -0.05) is 23.2 Å². The van der Waals surface area contributed by atoms with E-state index in [1.807, 2.05) is 12.1 Å². The van der Waals surface area contributed by atoms with Crippen molar-refractivity contribution in [2.45, 2.75) is 0 Å². The maximum atomic E-state index is 5.42. The lowest BCUT2D eigenvalue weighted by atomic mass is 10.7. The first-order valence-electron chi connectivity index (χ1n) is 4.54. The monoisotopic (exact) mass is 389 g/mol. The molecule has 2 aromatic heterocycles. The first-order valence-corrected chi connectivity index (χ1v) is 7.76. The van der Waals surface area contributed by atoms with E-state index >= 15 is 0 Å². The van der Waals surface area contributed by atoms with Crippen LogP contribution in [0, 0.1) is 7.53 Å². The molecule has 0 fully saturated rings. The summed E-state index contributed by atoms with van der Waals surface area (Å²) < 4.78 is 22.5. The highest BCUT2D eigenvalue weighted by atomic mass is 127. The molecule has 0 N–H and O–H groups in total. The van der Waals surface area contributed by atoms with Crippen molar-refractivity contribution in [3.63, 3.8) is 0 Å². The predicted molar refractivity (Wildman–Crippen MR) is 57.5 cm³/mol. The van der Waals surface area contributed by atoms with Crippen molar-refractivity contribution in [2.75, 3.05) is 12.1 Å². The molecule has 0 amide bonds. The van der Waals surface area contributed by atoms with Crippen LogP contribution >= 0.6 is 23.2 Å². The second-order valence-corrected chi connectivity index (χ2v) is 5.82. The molecule has 0 atom stereocenters. The largest absolute Gasteiger partial charge is 0.449 e. The fourth-order valence-electron chi connectivity index (χ4n) is 1.05. The molecule has 4 nitrogen and oxygen atoms in total. The van der Waals surface area contributed by atoms with Gasteiger partial charge in [0.1, 0.15) is 0 Å². The molecule has 0 aliphatic heterocycles. The van der Waals surface area contributed by atoms with Crippen molar-refractivity contribution < 1.29 is 39.5 Å². The number of alkyl halides is 2. The summed E-state index contributed by atoms with van der Waals surface area (Å²) in [5.41, 5.74) is 0. The Morgan fingerprint density at radius 2 is 1.35 bits per heavy atom. The average Bonchev–Trinajstić information content (AvgIpc) is 2.91. The van der Waals surface area contributed by atoms with Crippen molar-refractivity contribution in [3.05, 3.63) is 31.8 Å². The molecule has 7 heteroatoms. The number of halogens is 3. The fraction of sp³-hybridized carbons (Fsp3) is 0.200. The van der Waals surface area contributed by atoms with Gasteiger partial charge in [-0.25, -0.2) is 0 Å². The minimum absolute atomic E-state index is 0.0692. The van der Waals surface area contributed by atoms with Crippen molar-refractivity contribution >= 4 is 23.2 Å². The van der Waals surface area contributed by atoms with E-state index in [2.05, 4.69) is 0 Å². The minimum atomic E-state index is -0.532. The molecular weight excluding hydrogens is 382 g/mol. The summed E-state index contributed by atoms with van der Waals surface area (Å²) in [4.78, 5) is 0. The molecule has 0 unspecified atom stereocenters. The highest BCUT2D eigenvalue weighted by Gasteiger charge is 2.25. The van der Waals surface area contributed by atoms with Crippen LogP contribution in [0.15, 0.2) is 33.1 Å². The van der Waals surface area contributed by atoms with Gasteiger partial charge in [0.25, 0.3) is 11.9 Å². The molecule has 0 spiro atoms. The Balaban J connectivity index is 1.98. The molecule has 0 saturated heterocycles. The van der Waals surface area contributed by atoms with Gasteiger partial charge in [-0.3, -0.25) is 0 Å². The molecule has 0 radical (unpaired) electrons. The second-order valence-electron chi connectivity index (χ2n) is 2.72. The summed E-state index contributed by atoms with van der Waals surface area (Å²) in [6, 6.07) is 7.30. The Kier molecular flexibility index (Phi) is 4.87. The summed E-state index contributed by atoms with van der Waals surface area (Å²) in [5.74, 6) is 0.831. The maximum absolute atomic E-state index is 5.42. The number of hydrogen-bond acceptors (Lipinski definition) is 4. The van der Waals surface area contributed by atoms with Gasteiger partial charge in [0.15, 0.2) is 12.1 Å². The molecule has 92 valence electrons. The lowest BCUT2D eigenvalue weighted by Gasteiger charge is -1.91. The number of ether oxygens (including phenoxy) is 2. The summed E-state index contributed by atoms with van der Waals surface area (Å²) in [6.45, 7) is 0. The zero-order valence-corrected chi connectivity index (χ0v) is 12.2. The van der Waals surface area contributed by atoms with Gasteiger partial charge < -0.3 is 18.3 Å². The van der Waals surface area contributed by atoms with E-state index in [0.717, 1.165) is 7.53 Å². The van der Waals surface area contributed by atoms with E-state index in [-0.39, 0.29) is 12.1 Å². The molecule has 17 heavy (non-hydrogen) atoms. The maximum Gasteiger partial charge on any atom is 0.443 e. The molecule has 0 aliphatic rings. The van der Waals surface area contributed by atoms with Crippen LogP contribution in [-0.2, 0) is 0 Å². The Bertz CT molecular complexity index is 426. The minimum Gasteiger partial charge on any atom is -0.449 e. The highest BCUT2D eigenvalue weighted by molar-refractivity contribution is 6.17. The summed E-state index contributed by atoms with van der Waals surface area (Å²) >= 11 is 10.3. The van der Waals surface area contributed by atoms with Crippen LogP contribution in [0.2, 0.25) is 0 Å². The fourth-order valence-corrected chi connectivity index (χ4v) is 3.16. The molecule has 0 bridgehead atoms. The highest BCUT2D eigenvalue weighted by Crippen LogP contribution is 2.12. The average molecular weight is 390 g/mol. The molecule has 2 aromatic rings. The van der Waals surface area contributed by atoms with Gasteiger partial charge in [-0.05, 0) is 0 Å². The number of hydrogen-bond donors (Lipinski definition) is 0. The van der Waals surface area contributed by atoms with Crippen LogP contribution in [0.3, 0.4) is 0 Å². The van der Waals surface area contributed by atoms with Crippen LogP contribution in [-0.4, -0.2) is 12.1 Å². The zero-order chi connectivity index (χ0) is 12.1.